The van der Waals surface area contributed by atoms with Crippen LogP contribution in [-0.2, 0) is 11.2 Å². The molecular weight excluding hydrogens is 314 g/mol. The minimum Gasteiger partial charge on any atom is -0.378 e. The van der Waals surface area contributed by atoms with E-state index >= 15 is 0 Å². The summed E-state index contributed by atoms with van der Waals surface area (Å²) < 4.78 is 6.89. The molecule has 1 heterocycles. The molecule has 1 aromatic carbocycles. The van der Waals surface area contributed by atoms with Gasteiger partial charge in [-0.2, -0.15) is 0 Å². The van der Waals surface area contributed by atoms with Crippen molar-refractivity contribution >= 4 is 15.9 Å². The first-order chi connectivity index (χ1) is 9.78. The summed E-state index contributed by atoms with van der Waals surface area (Å²) in [6, 6.07) is 9.27. The largest absolute Gasteiger partial charge is 0.378 e. The van der Waals surface area contributed by atoms with E-state index in [0.717, 1.165) is 24.0 Å². The van der Waals surface area contributed by atoms with Crippen molar-refractivity contribution in [2.45, 2.75) is 57.6 Å². The molecule has 0 radical (unpaired) electrons. The minimum atomic E-state index is 0.505. The van der Waals surface area contributed by atoms with Gasteiger partial charge >= 0.3 is 0 Å². The molecule has 20 heavy (non-hydrogen) atoms. The van der Waals surface area contributed by atoms with Crippen molar-refractivity contribution < 1.29 is 4.74 Å². The summed E-state index contributed by atoms with van der Waals surface area (Å²) in [7, 11) is 0. The standard InChI is InChI=1S/C17H26BrNO/c1-2-11-19-16(9-10-17-4-3-12-20-17)13-14-5-7-15(18)8-6-14/h5-8,16-17,19H,2-4,9-13H2,1H3. The van der Waals surface area contributed by atoms with Crippen LogP contribution in [0.4, 0.5) is 0 Å². The first-order valence-corrected chi connectivity index (χ1v) is 8.66. The molecule has 0 saturated carbocycles. The first-order valence-electron chi connectivity index (χ1n) is 7.87. The van der Waals surface area contributed by atoms with Crippen molar-refractivity contribution in [1.82, 2.24) is 5.32 Å². The second-order valence-electron chi connectivity index (χ2n) is 5.69. The first kappa shape index (κ1) is 16.0. The van der Waals surface area contributed by atoms with Gasteiger partial charge in [0.15, 0.2) is 0 Å². The third-order valence-corrected chi connectivity index (χ3v) is 4.47. The predicted octanol–water partition coefficient (Wildman–Crippen LogP) is 4.32. The van der Waals surface area contributed by atoms with Gasteiger partial charge in [-0.1, -0.05) is 35.0 Å². The Balaban J connectivity index is 1.83. The van der Waals surface area contributed by atoms with Gasteiger partial charge < -0.3 is 10.1 Å². The van der Waals surface area contributed by atoms with Crippen LogP contribution < -0.4 is 5.32 Å². The molecule has 112 valence electrons. The average molecular weight is 340 g/mol. The Hall–Kier alpha value is -0.380. The van der Waals surface area contributed by atoms with E-state index in [1.54, 1.807) is 0 Å². The number of halogens is 1. The summed E-state index contributed by atoms with van der Waals surface area (Å²) in [6.45, 7) is 4.29. The summed E-state index contributed by atoms with van der Waals surface area (Å²) in [4.78, 5) is 0. The molecule has 2 nitrogen and oxygen atoms in total. The molecule has 0 spiro atoms. The van der Waals surface area contributed by atoms with Crippen LogP contribution in [0.5, 0.6) is 0 Å². The number of benzene rings is 1. The van der Waals surface area contributed by atoms with Gasteiger partial charge in [0.25, 0.3) is 0 Å². The Morgan fingerprint density at radius 1 is 1.35 bits per heavy atom. The molecule has 1 saturated heterocycles. The van der Waals surface area contributed by atoms with E-state index in [9.17, 15) is 0 Å². The summed E-state index contributed by atoms with van der Waals surface area (Å²) in [5.41, 5.74) is 1.41. The van der Waals surface area contributed by atoms with Crippen LogP contribution >= 0.6 is 15.9 Å². The van der Waals surface area contributed by atoms with Crippen molar-refractivity contribution in [3.05, 3.63) is 34.3 Å². The highest BCUT2D eigenvalue weighted by atomic mass is 79.9. The van der Waals surface area contributed by atoms with Gasteiger partial charge in [0, 0.05) is 17.1 Å². The highest BCUT2D eigenvalue weighted by molar-refractivity contribution is 9.10. The van der Waals surface area contributed by atoms with Crippen LogP contribution in [0.25, 0.3) is 0 Å². The number of hydrogen-bond donors (Lipinski definition) is 1. The zero-order valence-electron chi connectivity index (χ0n) is 12.4. The van der Waals surface area contributed by atoms with Crippen LogP contribution in [0.3, 0.4) is 0 Å². The fourth-order valence-electron chi connectivity index (χ4n) is 2.79. The Bertz CT molecular complexity index is 373. The van der Waals surface area contributed by atoms with Gasteiger partial charge in [0.2, 0.25) is 0 Å². The van der Waals surface area contributed by atoms with E-state index in [1.807, 2.05) is 0 Å². The Morgan fingerprint density at radius 3 is 2.80 bits per heavy atom. The zero-order chi connectivity index (χ0) is 14.2. The van der Waals surface area contributed by atoms with Gasteiger partial charge in [0.05, 0.1) is 6.10 Å². The quantitative estimate of drug-likeness (QED) is 0.761. The number of hydrogen-bond acceptors (Lipinski definition) is 2. The predicted molar refractivity (Wildman–Crippen MR) is 88.1 cm³/mol. The lowest BCUT2D eigenvalue weighted by Crippen LogP contribution is -2.32. The van der Waals surface area contributed by atoms with Crippen molar-refractivity contribution in [3.8, 4) is 0 Å². The van der Waals surface area contributed by atoms with E-state index in [-0.39, 0.29) is 0 Å². The lowest BCUT2D eigenvalue weighted by Gasteiger charge is -2.20. The molecule has 2 rings (SSSR count). The molecule has 2 atom stereocenters. The maximum atomic E-state index is 5.74. The Kier molecular flexibility index (Phi) is 7.05. The molecule has 0 aromatic heterocycles. The van der Waals surface area contributed by atoms with Crippen molar-refractivity contribution in [1.29, 1.82) is 0 Å². The third kappa shape index (κ3) is 5.55. The van der Waals surface area contributed by atoms with Crippen LogP contribution in [0.1, 0.15) is 44.6 Å². The van der Waals surface area contributed by atoms with Crippen LogP contribution in [-0.4, -0.2) is 25.3 Å². The number of nitrogens with one attached hydrogen (secondary N) is 1. The highest BCUT2D eigenvalue weighted by Crippen LogP contribution is 2.19. The topological polar surface area (TPSA) is 21.3 Å². The number of ether oxygens (including phenoxy) is 1. The Morgan fingerprint density at radius 2 is 2.15 bits per heavy atom. The maximum absolute atomic E-state index is 5.74. The van der Waals surface area contributed by atoms with Crippen LogP contribution in [0.2, 0.25) is 0 Å². The second kappa shape index (κ2) is 8.81. The zero-order valence-corrected chi connectivity index (χ0v) is 14.0. The lowest BCUT2D eigenvalue weighted by atomic mass is 9.99. The fraction of sp³-hybridized carbons (Fsp3) is 0.647. The van der Waals surface area contributed by atoms with E-state index < -0.39 is 0 Å². The fourth-order valence-corrected chi connectivity index (χ4v) is 3.05. The van der Waals surface area contributed by atoms with Crippen LogP contribution in [0.15, 0.2) is 28.7 Å². The van der Waals surface area contributed by atoms with Gasteiger partial charge in [-0.25, -0.2) is 0 Å². The summed E-state index contributed by atoms with van der Waals surface area (Å²) in [6.07, 6.45) is 7.70. The van der Waals surface area contributed by atoms with E-state index in [2.05, 4.69) is 52.4 Å². The molecule has 0 bridgehead atoms. The molecule has 0 aliphatic carbocycles. The number of rotatable bonds is 8. The van der Waals surface area contributed by atoms with Crippen molar-refractivity contribution in [2.75, 3.05) is 13.2 Å². The lowest BCUT2D eigenvalue weighted by molar-refractivity contribution is 0.0995. The molecule has 1 N–H and O–H groups in total. The Labute approximate surface area is 131 Å². The molecule has 1 aliphatic heterocycles. The van der Waals surface area contributed by atoms with E-state index in [1.165, 1.54) is 37.7 Å². The molecule has 1 aliphatic rings. The normalized spacial score (nSPS) is 20.2. The molecule has 2 unspecified atom stereocenters. The molecular formula is C17H26BrNO. The third-order valence-electron chi connectivity index (χ3n) is 3.94. The van der Waals surface area contributed by atoms with Crippen molar-refractivity contribution in [2.24, 2.45) is 0 Å². The second-order valence-corrected chi connectivity index (χ2v) is 6.61. The smallest absolute Gasteiger partial charge is 0.0576 e. The van der Waals surface area contributed by atoms with Gasteiger partial charge in [-0.3, -0.25) is 0 Å². The van der Waals surface area contributed by atoms with Gasteiger partial charge in [0.1, 0.15) is 0 Å². The van der Waals surface area contributed by atoms with E-state index in [4.69, 9.17) is 4.74 Å². The summed E-state index contributed by atoms with van der Waals surface area (Å²) in [5.74, 6) is 0. The molecule has 3 heteroatoms. The minimum absolute atomic E-state index is 0.505. The van der Waals surface area contributed by atoms with Crippen LogP contribution in [0, 0.1) is 0 Å². The van der Waals surface area contributed by atoms with Gasteiger partial charge in [-0.15, -0.1) is 0 Å². The van der Waals surface area contributed by atoms with Gasteiger partial charge in [-0.05, 0) is 62.8 Å². The highest BCUT2D eigenvalue weighted by Gasteiger charge is 2.17. The molecule has 0 amide bonds. The SMILES string of the molecule is CCCNC(CCC1CCCO1)Cc1ccc(Br)cc1. The monoisotopic (exact) mass is 339 g/mol. The molecule has 1 fully saturated rings. The van der Waals surface area contributed by atoms with Crippen molar-refractivity contribution in [3.63, 3.8) is 0 Å². The average Bonchev–Trinajstić information content (AvgIpc) is 2.97. The maximum Gasteiger partial charge on any atom is 0.0576 e. The molecule has 1 aromatic rings. The summed E-state index contributed by atoms with van der Waals surface area (Å²) in [5, 5.41) is 3.69. The van der Waals surface area contributed by atoms with E-state index in [0.29, 0.717) is 12.1 Å². The summed E-state index contributed by atoms with van der Waals surface area (Å²) >= 11 is 3.50.